The summed E-state index contributed by atoms with van der Waals surface area (Å²) in [4.78, 5) is 75.1. The molecule has 1 heterocycles. The summed E-state index contributed by atoms with van der Waals surface area (Å²) in [6.07, 6.45) is -0.272. The minimum Gasteiger partial charge on any atom is -0.463 e. The Kier molecular flexibility index (Phi) is 11.8. The van der Waals surface area contributed by atoms with E-state index in [4.69, 9.17) is 33.5 Å². The Hall–Kier alpha value is -3.07. The molecule has 5 aliphatic carbocycles. The van der Waals surface area contributed by atoms with Gasteiger partial charge >= 0.3 is 29.8 Å². The van der Waals surface area contributed by atoms with Gasteiger partial charge in [0, 0.05) is 27.7 Å². The Morgan fingerprint density at radius 1 is 0.724 bits per heavy atom. The molecule has 2 N–H and O–H groups in total. The minimum absolute atomic E-state index is 0.0108. The van der Waals surface area contributed by atoms with E-state index in [1.54, 1.807) is 0 Å². The van der Waals surface area contributed by atoms with Gasteiger partial charge in [-0.05, 0) is 103 Å². The maximum Gasteiger partial charge on any atom is 0.351 e. The lowest BCUT2D eigenvalue weighted by Gasteiger charge is -2.71. The van der Waals surface area contributed by atoms with Crippen molar-refractivity contribution in [1.82, 2.24) is 0 Å². The number of allylic oxidation sites excluding steroid dienone is 2. The van der Waals surface area contributed by atoms with Crippen LogP contribution in [0.1, 0.15) is 134 Å². The molecule has 1 unspecified atom stereocenters. The van der Waals surface area contributed by atoms with Crippen LogP contribution in [-0.4, -0.2) is 89.6 Å². The molecule has 5 fully saturated rings. The lowest BCUT2D eigenvalue weighted by atomic mass is 9.33. The highest BCUT2D eigenvalue weighted by Gasteiger charge is 2.72. The van der Waals surface area contributed by atoms with Gasteiger partial charge in [-0.25, -0.2) is 4.79 Å². The van der Waals surface area contributed by atoms with Gasteiger partial charge in [-0.15, -0.1) is 4.89 Å². The Bertz CT molecular complexity index is 1690. The third kappa shape index (κ3) is 7.29. The maximum absolute atomic E-state index is 14.8. The van der Waals surface area contributed by atoms with Crippen LogP contribution >= 0.6 is 0 Å². The van der Waals surface area contributed by atoms with Crippen molar-refractivity contribution < 1.29 is 67.6 Å². The maximum atomic E-state index is 14.8. The number of hydrogen-bond acceptors (Lipinski definition) is 14. The van der Waals surface area contributed by atoms with Crippen LogP contribution in [0.15, 0.2) is 11.6 Å². The van der Waals surface area contributed by atoms with E-state index in [1.807, 2.05) is 0 Å². The molecule has 0 aromatic carbocycles. The summed E-state index contributed by atoms with van der Waals surface area (Å²) >= 11 is 0. The van der Waals surface area contributed by atoms with E-state index in [2.05, 4.69) is 54.5 Å². The molecule has 0 radical (unpaired) electrons. The molecule has 0 amide bonds. The first kappa shape index (κ1) is 44.5. The SMILES string of the molecule is CC(=O)OC[C@H]1O[C@@H](OOC(=O)[C@]23CCC(C)(C)C[C@@H]2C2=CC[C@@H]4[C@@]5(C)CC[C@H](O)C(C)(C)C5CC[C@@]4(C)[C@]2(C)C[C@H]3O)[C@H](OC(C)=O)[C@@H](OC(C)=O)[C@H]1OC(C)=O. The van der Waals surface area contributed by atoms with Gasteiger partial charge < -0.3 is 33.9 Å². The summed E-state index contributed by atoms with van der Waals surface area (Å²) in [5.74, 6) is -3.62. The number of fused-ring (bicyclic) bond motifs is 7. The van der Waals surface area contributed by atoms with Crippen molar-refractivity contribution in [2.75, 3.05) is 6.61 Å². The second kappa shape index (κ2) is 15.4. The van der Waals surface area contributed by atoms with E-state index in [9.17, 15) is 34.2 Å². The molecule has 14 atom stereocenters. The van der Waals surface area contributed by atoms with E-state index < -0.39 is 84.1 Å². The van der Waals surface area contributed by atoms with Crippen molar-refractivity contribution in [3.63, 3.8) is 0 Å². The summed E-state index contributed by atoms with van der Waals surface area (Å²) in [6, 6.07) is 0. The molecule has 0 spiro atoms. The fraction of sp³-hybridized carbons (Fsp3) is 0.841. The van der Waals surface area contributed by atoms with Crippen LogP contribution in [-0.2, 0) is 57.4 Å². The molecular weight excluding hydrogens is 752 g/mol. The van der Waals surface area contributed by atoms with Crippen molar-refractivity contribution in [2.45, 2.75) is 177 Å². The van der Waals surface area contributed by atoms with Crippen LogP contribution in [0.5, 0.6) is 0 Å². The van der Waals surface area contributed by atoms with Gasteiger partial charge in [-0.2, -0.15) is 0 Å². The van der Waals surface area contributed by atoms with Crippen molar-refractivity contribution in [1.29, 1.82) is 0 Å². The van der Waals surface area contributed by atoms with Crippen molar-refractivity contribution in [2.24, 2.45) is 50.2 Å². The van der Waals surface area contributed by atoms with Gasteiger partial charge in [0.15, 0.2) is 18.3 Å². The van der Waals surface area contributed by atoms with E-state index >= 15 is 0 Å². The van der Waals surface area contributed by atoms with Crippen molar-refractivity contribution >= 4 is 29.8 Å². The molecule has 14 nitrogen and oxygen atoms in total. The predicted octanol–water partition coefficient (Wildman–Crippen LogP) is 5.68. The van der Waals surface area contributed by atoms with Crippen LogP contribution in [0.25, 0.3) is 0 Å². The second-order valence-electron chi connectivity index (χ2n) is 20.4. The van der Waals surface area contributed by atoms with Crippen molar-refractivity contribution in [3.8, 4) is 0 Å². The van der Waals surface area contributed by atoms with Crippen LogP contribution in [0.2, 0.25) is 0 Å². The molecular formula is C44H66O14. The highest BCUT2D eigenvalue weighted by Crippen LogP contribution is 2.75. The molecule has 0 bridgehead atoms. The van der Waals surface area contributed by atoms with Gasteiger partial charge in [0.1, 0.15) is 18.1 Å². The summed E-state index contributed by atoms with van der Waals surface area (Å²) in [5.41, 5.74) is -1.22. The van der Waals surface area contributed by atoms with Crippen molar-refractivity contribution in [3.05, 3.63) is 11.6 Å². The third-order valence-electron chi connectivity index (χ3n) is 16.2. The standard InChI is InChI=1S/C44H66O14/c1-23(45)52-22-29-34(53-24(2)46)35(54-25(3)47)36(55-26(4)48)37(56-29)57-58-38(51)44-19-18-39(5,6)20-28(44)27-12-13-31-41(9)16-15-32(49)40(7,8)30(41)14-17-42(31,10)43(27,11)21-33(44)50/h12,28-37,49-50H,13-22H2,1-11H3/t28-,29-,30?,31-,32+,33-,34+,35+,36-,37+,41+,42-,43-,44-/m1/s1. The van der Waals surface area contributed by atoms with Gasteiger partial charge in [0.25, 0.3) is 0 Å². The van der Waals surface area contributed by atoms with Crippen LogP contribution in [0.4, 0.5) is 0 Å². The fourth-order valence-electron chi connectivity index (χ4n) is 13.1. The van der Waals surface area contributed by atoms with Crippen LogP contribution in [0.3, 0.4) is 0 Å². The number of ether oxygens (including phenoxy) is 5. The summed E-state index contributed by atoms with van der Waals surface area (Å²) in [7, 11) is 0. The Balaban J connectivity index is 1.34. The molecule has 1 aliphatic heterocycles. The van der Waals surface area contributed by atoms with Crippen LogP contribution < -0.4 is 0 Å². The number of carbonyl (C=O) groups is 5. The van der Waals surface area contributed by atoms with E-state index in [0.717, 1.165) is 52.9 Å². The highest BCUT2D eigenvalue weighted by molar-refractivity contribution is 5.79. The molecule has 0 aromatic heterocycles. The number of aliphatic hydroxyl groups is 2. The Morgan fingerprint density at radius 2 is 1.34 bits per heavy atom. The van der Waals surface area contributed by atoms with Gasteiger partial charge in [0.05, 0.1) is 12.2 Å². The third-order valence-corrected chi connectivity index (χ3v) is 16.2. The zero-order valence-corrected chi connectivity index (χ0v) is 36.2. The predicted molar refractivity (Wildman–Crippen MR) is 206 cm³/mol. The topological polar surface area (TPSA) is 190 Å². The summed E-state index contributed by atoms with van der Waals surface area (Å²) in [5, 5.41) is 23.7. The number of carbonyl (C=O) groups excluding carboxylic acids is 5. The monoisotopic (exact) mass is 818 g/mol. The lowest BCUT2D eigenvalue weighted by Crippen LogP contribution is -2.67. The molecule has 14 heteroatoms. The van der Waals surface area contributed by atoms with Gasteiger partial charge in [-0.1, -0.05) is 60.1 Å². The van der Waals surface area contributed by atoms with E-state index in [-0.39, 0.29) is 33.7 Å². The fourth-order valence-corrected chi connectivity index (χ4v) is 13.1. The minimum atomic E-state index is -1.73. The van der Waals surface area contributed by atoms with E-state index in [0.29, 0.717) is 37.5 Å². The quantitative estimate of drug-likeness (QED) is 0.100. The molecule has 0 aromatic rings. The molecule has 6 aliphatic rings. The Labute approximate surface area is 342 Å². The summed E-state index contributed by atoms with van der Waals surface area (Å²) < 4.78 is 27.7. The largest absolute Gasteiger partial charge is 0.463 e. The first-order valence-electron chi connectivity index (χ1n) is 21.1. The smallest absolute Gasteiger partial charge is 0.351 e. The number of esters is 4. The second-order valence-corrected chi connectivity index (χ2v) is 20.4. The summed E-state index contributed by atoms with van der Waals surface area (Å²) in [6.45, 7) is 19.9. The lowest BCUT2D eigenvalue weighted by molar-refractivity contribution is -0.410. The van der Waals surface area contributed by atoms with Gasteiger partial charge in [0.2, 0.25) is 6.29 Å². The zero-order chi connectivity index (χ0) is 43.0. The number of hydrogen-bond donors (Lipinski definition) is 2. The molecule has 58 heavy (non-hydrogen) atoms. The first-order chi connectivity index (χ1) is 26.8. The van der Waals surface area contributed by atoms with Crippen LogP contribution in [0, 0.1) is 50.2 Å². The zero-order valence-electron chi connectivity index (χ0n) is 36.2. The van der Waals surface area contributed by atoms with E-state index in [1.165, 1.54) is 12.5 Å². The molecule has 1 saturated heterocycles. The molecule has 326 valence electrons. The van der Waals surface area contributed by atoms with Gasteiger partial charge in [-0.3, -0.25) is 24.1 Å². The Morgan fingerprint density at radius 3 is 1.97 bits per heavy atom. The average Bonchev–Trinajstić information content (AvgIpc) is 3.10. The number of aliphatic hydroxyl groups excluding tert-OH is 2. The number of rotatable bonds is 8. The normalized spacial score (nSPS) is 43.7. The average molecular weight is 819 g/mol. The molecule has 4 saturated carbocycles. The molecule has 6 rings (SSSR count). The first-order valence-corrected chi connectivity index (χ1v) is 21.1. The highest BCUT2D eigenvalue weighted by atomic mass is 17.2.